The lowest BCUT2D eigenvalue weighted by atomic mass is 10.0. The van der Waals surface area contributed by atoms with Crippen molar-refractivity contribution in [2.24, 2.45) is 0 Å². The van der Waals surface area contributed by atoms with E-state index in [1.165, 1.54) is 11.8 Å². The number of thioether (sulfide) groups is 1. The predicted octanol–water partition coefficient (Wildman–Crippen LogP) is 5.59. The molecule has 0 radical (unpaired) electrons. The lowest BCUT2D eigenvalue weighted by molar-refractivity contribution is 0.0991. The third kappa shape index (κ3) is 3.24. The summed E-state index contributed by atoms with van der Waals surface area (Å²) in [4.78, 5) is 17.5. The molecule has 0 fully saturated rings. The van der Waals surface area contributed by atoms with Crippen molar-refractivity contribution in [3.05, 3.63) is 96.2 Å². The molecule has 0 amide bonds. The monoisotopic (exact) mass is 359 g/mol. The highest BCUT2D eigenvalue weighted by Gasteiger charge is 2.25. The molecule has 26 heavy (non-hydrogen) atoms. The molecule has 0 saturated heterocycles. The average molecular weight is 359 g/mol. The molecule has 0 aliphatic carbocycles. The predicted molar refractivity (Wildman–Crippen MR) is 106 cm³/mol. The second-order valence-corrected chi connectivity index (χ2v) is 7.19. The van der Waals surface area contributed by atoms with Crippen molar-refractivity contribution in [2.45, 2.75) is 10.1 Å². The van der Waals surface area contributed by atoms with Gasteiger partial charge in [0.05, 0.1) is 5.25 Å². The van der Waals surface area contributed by atoms with Crippen LogP contribution in [0.3, 0.4) is 0 Å². The van der Waals surface area contributed by atoms with Crippen molar-refractivity contribution in [1.29, 1.82) is 0 Å². The van der Waals surface area contributed by atoms with E-state index in [2.05, 4.69) is 4.98 Å². The molecule has 1 aromatic heterocycles. The van der Waals surface area contributed by atoms with Gasteiger partial charge < -0.3 is 10.1 Å². The summed E-state index contributed by atoms with van der Waals surface area (Å²) in [6.45, 7) is 0. The highest BCUT2D eigenvalue weighted by molar-refractivity contribution is 8.00. The fraction of sp³-hybridized carbons (Fsp3) is 0.0455. The number of H-pyrrole nitrogens is 1. The van der Waals surface area contributed by atoms with E-state index in [4.69, 9.17) is 0 Å². The largest absolute Gasteiger partial charge is 0.508 e. The number of para-hydroxylation sites is 1. The Labute approximate surface area is 155 Å². The molecule has 0 aliphatic rings. The number of aromatic hydroxyl groups is 1. The van der Waals surface area contributed by atoms with Crippen molar-refractivity contribution >= 4 is 28.4 Å². The number of aromatic amines is 1. The van der Waals surface area contributed by atoms with Gasteiger partial charge in [-0.3, -0.25) is 4.79 Å². The van der Waals surface area contributed by atoms with Crippen molar-refractivity contribution in [2.75, 3.05) is 0 Å². The van der Waals surface area contributed by atoms with Crippen molar-refractivity contribution in [3.63, 3.8) is 0 Å². The molecular weight excluding hydrogens is 342 g/mol. The van der Waals surface area contributed by atoms with Gasteiger partial charge >= 0.3 is 0 Å². The van der Waals surface area contributed by atoms with E-state index in [9.17, 15) is 9.90 Å². The minimum atomic E-state index is -0.361. The van der Waals surface area contributed by atoms with Gasteiger partial charge in [-0.15, -0.1) is 11.8 Å². The van der Waals surface area contributed by atoms with Gasteiger partial charge in [0.1, 0.15) is 5.75 Å². The summed E-state index contributed by atoms with van der Waals surface area (Å²) in [7, 11) is 0. The standard InChI is InChI=1S/C22H17NO2S/c24-16-10-12-17(13-11-16)26-22(15-6-2-1-3-7-15)21(25)19-14-23-20-9-5-4-8-18(19)20/h1-14,22-24H. The summed E-state index contributed by atoms with van der Waals surface area (Å²) in [5, 5.41) is 10.1. The molecule has 0 spiro atoms. The number of benzene rings is 3. The van der Waals surface area contributed by atoms with Crippen LogP contribution < -0.4 is 0 Å². The molecule has 3 nitrogen and oxygen atoms in total. The van der Waals surface area contributed by atoms with E-state index in [1.54, 1.807) is 18.3 Å². The lowest BCUT2D eigenvalue weighted by Crippen LogP contribution is -2.09. The first-order valence-corrected chi connectivity index (χ1v) is 9.21. The number of carbonyl (C=O) groups is 1. The van der Waals surface area contributed by atoms with Gasteiger partial charge in [-0.05, 0) is 35.9 Å². The zero-order chi connectivity index (χ0) is 17.9. The molecular formula is C22H17NO2S. The molecule has 1 heterocycles. The van der Waals surface area contributed by atoms with Crippen molar-refractivity contribution < 1.29 is 9.90 Å². The van der Waals surface area contributed by atoms with Crippen molar-refractivity contribution in [3.8, 4) is 5.75 Å². The number of fused-ring (bicyclic) bond motifs is 1. The van der Waals surface area contributed by atoms with Crippen LogP contribution in [0.1, 0.15) is 21.2 Å². The Hall–Kier alpha value is -2.98. The van der Waals surface area contributed by atoms with Gasteiger partial charge in [0.2, 0.25) is 0 Å². The van der Waals surface area contributed by atoms with E-state index in [0.717, 1.165) is 21.4 Å². The van der Waals surface area contributed by atoms with Crippen LogP contribution in [0.25, 0.3) is 10.9 Å². The second kappa shape index (κ2) is 7.10. The highest BCUT2D eigenvalue weighted by atomic mass is 32.2. The average Bonchev–Trinajstić information content (AvgIpc) is 3.12. The molecule has 1 unspecified atom stereocenters. The van der Waals surface area contributed by atoms with Gasteiger partial charge in [-0.1, -0.05) is 48.5 Å². The molecule has 4 heteroatoms. The lowest BCUT2D eigenvalue weighted by Gasteiger charge is -2.16. The third-order valence-electron chi connectivity index (χ3n) is 4.29. The maximum Gasteiger partial charge on any atom is 0.182 e. The number of ketones is 1. The van der Waals surface area contributed by atoms with Crippen LogP contribution in [-0.2, 0) is 0 Å². The number of phenolic OH excluding ortho intramolecular Hbond substituents is 1. The molecule has 128 valence electrons. The Morgan fingerprint density at radius 3 is 2.35 bits per heavy atom. The van der Waals surface area contributed by atoms with E-state index >= 15 is 0 Å². The van der Waals surface area contributed by atoms with Gasteiger partial charge in [-0.25, -0.2) is 0 Å². The van der Waals surface area contributed by atoms with E-state index < -0.39 is 0 Å². The zero-order valence-electron chi connectivity index (χ0n) is 13.9. The van der Waals surface area contributed by atoms with Crippen LogP contribution in [0.15, 0.2) is 90.0 Å². The summed E-state index contributed by atoms with van der Waals surface area (Å²) in [6, 6.07) is 24.6. The molecule has 0 aliphatic heterocycles. The van der Waals surface area contributed by atoms with Crippen LogP contribution in [0.5, 0.6) is 5.75 Å². The van der Waals surface area contributed by atoms with Crippen LogP contribution in [0.2, 0.25) is 0 Å². The number of phenols is 1. The first-order valence-electron chi connectivity index (χ1n) is 8.33. The van der Waals surface area contributed by atoms with Gasteiger partial charge in [0.15, 0.2) is 5.78 Å². The zero-order valence-corrected chi connectivity index (χ0v) is 14.7. The number of carbonyl (C=O) groups excluding carboxylic acids is 1. The van der Waals surface area contributed by atoms with E-state index in [-0.39, 0.29) is 16.8 Å². The van der Waals surface area contributed by atoms with Gasteiger partial charge in [-0.2, -0.15) is 0 Å². The SMILES string of the molecule is O=C(c1c[nH]c2ccccc12)C(Sc1ccc(O)cc1)c1ccccc1. The molecule has 4 rings (SSSR count). The van der Waals surface area contributed by atoms with Crippen LogP contribution >= 0.6 is 11.8 Å². The fourth-order valence-electron chi connectivity index (χ4n) is 2.98. The molecule has 1 atom stereocenters. The summed E-state index contributed by atoms with van der Waals surface area (Å²) >= 11 is 1.49. The summed E-state index contributed by atoms with van der Waals surface area (Å²) in [5.41, 5.74) is 2.61. The molecule has 0 bridgehead atoms. The summed E-state index contributed by atoms with van der Waals surface area (Å²) in [6.07, 6.45) is 1.79. The third-order valence-corrected chi connectivity index (χ3v) is 5.55. The summed E-state index contributed by atoms with van der Waals surface area (Å²) in [5.74, 6) is 0.278. The Kier molecular flexibility index (Phi) is 4.50. The van der Waals surface area contributed by atoms with E-state index in [0.29, 0.717) is 5.56 Å². The maximum absolute atomic E-state index is 13.4. The quantitative estimate of drug-likeness (QED) is 0.361. The fourth-order valence-corrected chi connectivity index (χ4v) is 4.07. The number of Topliss-reactive ketones (excluding diaryl/α,β-unsaturated/α-hetero) is 1. The molecule has 2 N–H and O–H groups in total. The number of nitrogens with one attached hydrogen (secondary N) is 1. The Balaban J connectivity index is 1.74. The van der Waals surface area contributed by atoms with Crippen LogP contribution in [-0.4, -0.2) is 15.9 Å². The Morgan fingerprint density at radius 1 is 0.885 bits per heavy atom. The van der Waals surface area contributed by atoms with Crippen LogP contribution in [0.4, 0.5) is 0 Å². The van der Waals surface area contributed by atoms with Gasteiger partial charge in [0.25, 0.3) is 0 Å². The van der Waals surface area contributed by atoms with Gasteiger partial charge in [0, 0.05) is 27.6 Å². The smallest absolute Gasteiger partial charge is 0.182 e. The Bertz CT molecular complexity index is 1040. The normalized spacial score (nSPS) is 12.2. The molecule has 4 aromatic rings. The molecule has 3 aromatic carbocycles. The number of hydrogen-bond acceptors (Lipinski definition) is 3. The van der Waals surface area contributed by atoms with E-state index in [1.807, 2.05) is 66.7 Å². The Morgan fingerprint density at radius 2 is 1.58 bits per heavy atom. The maximum atomic E-state index is 13.4. The first kappa shape index (κ1) is 16.5. The minimum Gasteiger partial charge on any atom is -0.508 e. The molecule has 0 saturated carbocycles. The number of aromatic nitrogens is 1. The summed E-state index contributed by atoms with van der Waals surface area (Å²) < 4.78 is 0. The first-order chi connectivity index (χ1) is 12.7. The number of rotatable bonds is 5. The second-order valence-electron chi connectivity index (χ2n) is 6.01. The van der Waals surface area contributed by atoms with Crippen LogP contribution in [0, 0.1) is 0 Å². The highest BCUT2D eigenvalue weighted by Crippen LogP contribution is 2.39. The van der Waals surface area contributed by atoms with Crippen molar-refractivity contribution in [1.82, 2.24) is 4.98 Å². The number of hydrogen-bond donors (Lipinski definition) is 2. The minimum absolute atomic E-state index is 0.0618. The topological polar surface area (TPSA) is 53.1 Å².